The van der Waals surface area contributed by atoms with Crippen molar-refractivity contribution in [2.75, 3.05) is 20.3 Å². The Morgan fingerprint density at radius 2 is 2.31 bits per heavy atom. The molecule has 0 aromatic heterocycles. The van der Waals surface area contributed by atoms with Crippen molar-refractivity contribution in [1.29, 1.82) is 0 Å². The third-order valence-electron chi connectivity index (χ3n) is 2.94. The van der Waals surface area contributed by atoms with Gasteiger partial charge >= 0.3 is 0 Å². The van der Waals surface area contributed by atoms with E-state index in [2.05, 4.69) is 15.9 Å². The van der Waals surface area contributed by atoms with E-state index < -0.39 is 0 Å². The van der Waals surface area contributed by atoms with Gasteiger partial charge in [-0.15, -0.1) is 0 Å². The molecule has 0 fully saturated rings. The van der Waals surface area contributed by atoms with Crippen LogP contribution in [0.1, 0.15) is 22.7 Å². The normalized spacial score (nSPS) is 20.1. The molecule has 1 atom stereocenters. The lowest BCUT2D eigenvalue weighted by Crippen LogP contribution is -2.17. The van der Waals surface area contributed by atoms with E-state index in [0.29, 0.717) is 13.2 Å². The molecule has 0 saturated heterocycles. The Morgan fingerprint density at radius 3 is 3.00 bits per heavy atom. The number of ether oxygens (including phenoxy) is 2. The molecule has 1 aliphatic rings. The van der Waals surface area contributed by atoms with Crippen molar-refractivity contribution in [2.24, 2.45) is 5.73 Å². The lowest BCUT2D eigenvalue weighted by Gasteiger charge is -2.18. The van der Waals surface area contributed by atoms with Gasteiger partial charge in [0.15, 0.2) is 0 Å². The molecule has 2 N–H and O–H groups in total. The number of aryl methyl sites for hydroxylation is 1. The second-order valence-electron chi connectivity index (χ2n) is 4.03. The van der Waals surface area contributed by atoms with Crippen molar-refractivity contribution in [1.82, 2.24) is 0 Å². The summed E-state index contributed by atoms with van der Waals surface area (Å²) < 4.78 is 12.0. The van der Waals surface area contributed by atoms with Crippen LogP contribution in [0.5, 0.6) is 5.75 Å². The number of fused-ring (bicyclic) bond motifs is 1. The summed E-state index contributed by atoms with van der Waals surface area (Å²) >= 11 is 3.61. The van der Waals surface area contributed by atoms with Crippen molar-refractivity contribution in [3.8, 4) is 5.75 Å². The van der Waals surface area contributed by atoms with Gasteiger partial charge in [0.05, 0.1) is 26.4 Å². The summed E-state index contributed by atoms with van der Waals surface area (Å²) in [5, 5.41) is 0. The van der Waals surface area contributed by atoms with Crippen LogP contribution in [0, 0.1) is 6.92 Å². The van der Waals surface area contributed by atoms with E-state index in [9.17, 15) is 0 Å². The van der Waals surface area contributed by atoms with Crippen molar-refractivity contribution in [3.63, 3.8) is 0 Å². The van der Waals surface area contributed by atoms with E-state index in [-0.39, 0.29) is 6.04 Å². The topological polar surface area (TPSA) is 44.5 Å². The Morgan fingerprint density at radius 1 is 1.56 bits per heavy atom. The van der Waals surface area contributed by atoms with E-state index in [1.54, 1.807) is 7.11 Å². The number of halogens is 1. The van der Waals surface area contributed by atoms with Gasteiger partial charge in [-0.05, 0) is 30.5 Å². The van der Waals surface area contributed by atoms with Crippen LogP contribution >= 0.6 is 15.9 Å². The fraction of sp³-hybridized carbons (Fsp3) is 0.500. The summed E-state index contributed by atoms with van der Waals surface area (Å²) in [6.07, 6.45) is 0.852. The molecule has 1 aromatic carbocycles. The summed E-state index contributed by atoms with van der Waals surface area (Å²) in [7, 11) is 1.69. The van der Waals surface area contributed by atoms with Crippen LogP contribution in [-0.4, -0.2) is 20.3 Å². The highest BCUT2D eigenvalue weighted by molar-refractivity contribution is 9.10. The molecule has 16 heavy (non-hydrogen) atoms. The molecule has 4 heteroatoms. The largest absolute Gasteiger partial charge is 0.496 e. The smallest absolute Gasteiger partial charge is 0.122 e. The summed E-state index contributed by atoms with van der Waals surface area (Å²) in [5.74, 6) is 0.914. The number of benzene rings is 1. The Balaban J connectivity index is 2.63. The molecular formula is C12H16BrNO2. The zero-order valence-corrected chi connectivity index (χ0v) is 11.1. The van der Waals surface area contributed by atoms with Gasteiger partial charge in [-0.3, -0.25) is 0 Å². The Bertz CT molecular complexity index is 406. The van der Waals surface area contributed by atoms with Crippen LogP contribution in [0.15, 0.2) is 10.5 Å². The van der Waals surface area contributed by atoms with Crippen molar-refractivity contribution < 1.29 is 9.47 Å². The van der Waals surface area contributed by atoms with Gasteiger partial charge in [0.2, 0.25) is 0 Å². The molecule has 1 heterocycles. The van der Waals surface area contributed by atoms with E-state index in [4.69, 9.17) is 15.2 Å². The molecule has 0 bridgehead atoms. The number of rotatable bonds is 1. The maximum Gasteiger partial charge on any atom is 0.122 e. The van der Waals surface area contributed by atoms with Crippen LogP contribution in [0.4, 0.5) is 0 Å². The van der Waals surface area contributed by atoms with Crippen LogP contribution in [0.3, 0.4) is 0 Å². The highest BCUT2D eigenvalue weighted by Crippen LogP contribution is 2.37. The molecule has 0 radical (unpaired) electrons. The van der Waals surface area contributed by atoms with Gasteiger partial charge < -0.3 is 15.2 Å². The Kier molecular flexibility index (Phi) is 3.52. The van der Waals surface area contributed by atoms with Gasteiger partial charge in [-0.1, -0.05) is 15.9 Å². The molecule has 1 unspecified atom stereocenters. The SMILES string of the molecule is COc1cc(C)c(Br)c2c1CCOCC2N. The lowest BCUT2D eigenvalue weighted by molar-refractivity contribution is 0.131. The first kappa shape index (κ1) is 11.9. The van der Waals surface area contributed by atoms with Crippen LogP contribution < -0.4 is 10.5 Å². The van der Waals surface area contributed by atoms with Gasteiger partial charge in [0.25, 0.3) is 0 Å². The van der Waals surface area contributed by atoms with E-state index in [1.807, 2.05) is 13.0 Å². The molecule has 2 rings (SSSR count). The molecule has 88 valence electrons. The molecule has 0 spiro atoms. The number of nitrogens with two attached hydrogens (primary N) is 1. The van der Waals surface area contributed by atoms with Gasteiger partial charge in [0, 0.05) is 10.0 Å². The zero-order chi connectivity index (χ0) is 11.7. The number of methoxy groups -OCH3 is 1. The van der Waals surface area contributed by atoms with Crippen molar-refractivity contribution >= 4 is 15.9 Å². The van der Waals surface area contributed by atoms with E-state index in [0.717, 1.165) is 27.8 Å². The van der Waals surface area contributed by atoms with Gasteiger partial charge in [-0.2, -0.15) is 0 Å². The molecule has 0 aliphatic carbocycles. The maximum absolute atomic E-state index is 6.13. The summed E-state index contributed by atoms with van der Waals surface area (Å²) in [6.45, 7) is 3.32. The molecule has 1 aliphatic heterocycles. The average molecular weight is 286 g/mol. The quantitative estimate of drug-likeness (QED) is 0.861. The highest BCUT2D eigenvalue weighted by Gasteiger charge is 2.23. The van der Waals surface area contributed by atoms with Gasteiger partial charge in [-0.25, -0.2) is 0 Å². The number of hydrogen-bond acceptors (Lipinski definition) is 3. The van der Waals surface area contributed by atoms with Crippen LogP contribution in [0.2, 0.25) is 0 Å². The molecule has 0 saturated carbocycles. The van der Waals surface area contributed by atoms with Crippen molar-refractivity contribution in [3.05, 3.63) is 27.2 Å². The summed E-state index contributed by atoms with van der Waals surface area (Å²) in [6, 6.07) is 1.96. The van der Waals surface area contributed by atoms with Gasteiger partial charge in [0.1, 0.15) is 5.75 Å². The maximum atomic E-state index is 6.13. The summed E-state index contributed by atoms with van der Waals surface area (Å²) in [5.41, 5.74) is 9.58. The fourth-order valence-electron chi connectivity index (χ4n) is 2.12. The minimum absolute atomic E-state index is 0.0827. The fourth-order valence-corrected chi connectivity index (χ4v) is 2.77. The predicted molar refractivity (Wildman–Crippen MR) is 66.9 cm³/mol. The monoisotopic (exact) mass is 285 g/mol. The van der Waals surface area contributed by atoms with Crippen molar-refractivity contribution in [2.45, 2.75) is 19.4 Å². The lowest BCUT2D eigenvalue weighted by atomic mass is 9.96. The zero-order valence-electron chi connectivity index (χ0n) is 9.55. The number of hydrogen-bond donors (Lipinski definition) is 1. The molecule has 1 aromatic rings. The predicted octanol–water partition coefficient (Wildman–Crippen LogP) is 2.34. The average Bonchev–Trinajstić information content (AvgIpc) is 2.46. The molecular weight excluding hydrogens is 270 g/mol. The standard InChI is InChI=1S/C12H16BrNO2/c1-7-5-10(15-2)8-3-4-16-6-9(14)11(8)12(7)13/h5,9H,3-4,6,14H2,1-2H3. The third-order valence-corrected chi connectivity index (χ3v) is 3.99. The van der Waals surface area contributed by atoms with Crippen LogP contribution in [-0.2, 0) is 11.2 Å². The van der Waals surface area contributed by atoms with E-state index >= 15 is 0 Å². The third kappa shape index (κ3) is 1.97. The molecule has 0 amide bonds. The molecule has 3 nitrogen and oxygen atoms in total. The first-order chi connectivity index (χ1) is 7.65. The Labute approximate surface area is 104 Å². The minimum Gasteiger partial charge on any atom is -0.496 e. The van der Waals surface area contributed by atoms with E-state index in [1.165, 1.54) is 5.56 Å². The summed E-state index contributed by atoms with van der Waals surface area (Å²) in [4.78, 5) is 0. The first-order valence-corrected chi connectivity index (χ1v) is 6.13. The second kappa shape index (κ2) is 4.73. The Hall–Kier alpha value is -0.580. The second-order valence-corrected chi connectivity index (χ2v) is 4.83. The minimum atomic E-state index is -0.0827. The highest BCUT2D eigenvalue weighted by atomic mass is 79.9. The van der Waals surface area contributed by atoms with Crippen LogP contribution in [0.25, 0.3) is 0 Å². The first-order valence-electron chi connectivity index (χ1n) is 5.34.